The lowest BCUT2D eigenvalue weighted by molar-refractivity contribution is -0.139. The molecule has 5 heteroatoms. The summed E-state index contributed by atoms with van der Waals surface area (Å²) in [5.41, 5.74) is 0.398. The summed E-state index contributed by atoms with van der Waals surface area (Å²) in [7, 11) is 0. The molecule has 134 valence electrons. The summed E-state index contributed by atoms with van der Waals surface area (Å²) in [4.78, 5) is 11.0. The number of aliphatic hydroxyl groups is 1. The Balaban J connectivity index is 0.000000271. The van der Waals surface area contributed by atoms with Crippen molar-refractivity contribution >= 4 is 5.97 Å². The van der Waals surface area contributed by atoms with Gasteiger partial charge in [-0.15, -0.1) is 0 Å². The fraction of sp³-hybridized carbons (Fsp3) is 0.250. The van der Waals surface area contributed by atoms with Gasteiger partial charge in [-0.05, 0) is 31.2 Å². The van der Waals surface area contributed by atoms with E-state index in [-0.39, 0.29) is 19.2 Å². The van der Waals surface area contributed by atoms with Crippen molar-refractivity contribution < 1.29 is 24.1 Å². The van der Waals surface area contributed by atoms with Crippen LogP contribution in [0.2, 0.25) is 0 Å². The smallest absolute Gasteiger partial charge is 0.333 e. The highest BCUT2D eigenvalue weighted by Crippen LogP contribution is 2.08. The Morgan fingerprint density at radius 2 is 1.36 bits per heavy atom. The predicted octanol–water partition coefficient (Wildman–Crippen LogP) is 3.24. The first kappa shape index (κ1) is 20.3. The monoisotopic (exact) mass is 344 g/mol. The summed E-state index contributed by atoms with van der Waals surface area (Å²) in [5, 5.41) is 8.40. The third-order valence-corrected chi connectivity index (χ3v) is 2.78. The fourth-order valence-electron chi connectivity index (χ4n) is 1.61. The molecule has 0 amide bonds. The molecule has 5 nitrogen and oxygen atoms in total. The number of hydrogen-bond acceptors (Lipinski definition) is 5. The van der Waals surface area contributed by atoms with Crippen LogP contribution in [0.3, 0.4) is 0 Å². The first-order chi connectivity index (χ1) is 12.1. The van der Waals surface area contributed by atoms with Crippen LogP contribution in [0.25, 0.3) is 0 Å². The molecule has 0 aliphatic rings. The van der Waals surface area contributed by atoms with Crippen molar-refractivity contribution in [3.05, 3.63) is 72.8 Å². The van der Waals surface area contributed by atoms with Gasteiger partial charge in [0.1, 0.15) is 31.3 Å². The third-order valence-electron chi connectivity index (χ3n) is 2.78. The van der Waals surface area contributed by atoms with Gasteiger partial charge in [0, 0.05) is 5.57 Å². The lowest BCUT2D eigenvalue weighted by Gasteiger charge is -2.06. The standard InChI is InChI=1S/C12H14O3.C8H10O2/c1-10(2)12(13)15-9-8-14-11-6-4-3-5-7-11;9-6-7-10-8-4-2-1-3-5-8/h3-7H,1,8-9H2,2H3;1-5,9H,6-7H2. The largest absolute Gasteiger partial charge is 0.491 e. The van der Waals surface area contributed by atoms with Gasteiger partial charge in [0.2, 0.25) is 0 Å². The molecule has 2 aromatic rings. The van der Waals surface area contributed by atoms with Crippen molar-refractivity contribution in [2.24, 2.45) is 0 Å². The van der Waals surface area contributed by atoms with Crippen molar-refractivity contribution in [3.8, 4) is 11.5 Å². The molecule has 0 aliphatic heterocycles. The number of hydrogen-bond donors (Lipinski definition) is 1. The molecule has 0 fully saturated rings. The lowest BCUT2D eigenvalue weighted by atomic mass is 10.3. The first-order valence-electron chi connectivity index (χ1n) is 7.92. The molecule has 25 heavy (non-hydrogen) atoms. The van der Waals surface area contributed by atoms with Crippen molar-refractivity contribution in [3.63, 3.8) is 0 Å². The third kappa shape index (κ3) is 9.84. The molecule has 0 aromatic heterocycles. The molecule has 0 radical (unpaired) electrons. The van der Waals surface area contributed by atoms with Crippen molar-refractivity contribution in [2.45, 2.75) is 6.92 Å². The Kier molecular flexibility index (Phi) is 10.2. The first-order valence-corrected chi connectivity index (χ1v) is 7.92. The number of benzene rings is 2. The molecular formula is C20H24O5. The minimum Gasteiger partial charge on any atom is -0.491 e. The van der Waals surface area contributed by atoms with E-state index in [0.29, 0.717) is 18.8 Å². The predicted molar refractivity (Wildman–Crippen MR) is 96.7 cm³/mol. The molecule has 2 rings (SSSR count). The maximum absolute atomic E-state index is 11.0. The van der Waals surface area contributed by atoms with E-state index in [1.165, 1.54) is 0 Å². The van der Waals surface area contributed by atoms with Crippen molar-refractivity contribution in [1.82, 2.24) is 0 Å². The number of aliphatic hydroxyl groups excluding tert-OH is 1. The zero-order valence-corrected chi connectivity index (χ0v) is 14.4. The molecule has 0 atom stereocenters. The average Bonchev–Trinajstić information content (AvgIpc) is 2.65. The average molecular weight is 344 g/mol. The van der Waals surface area contributed by atoms with Gasteiger partial charge in [-0.25, -0.2) is 4.79 Å². The topological polar surface area (TPSA) is 65.0 Å². The molecule has 0 bridgehead atoms. The van der Waals surface area contributed by atoms with Crippen LogP contribution in [0.1, 0.15) is 6.92 Å². The van der Waals surface area contributed by atoms with Gasteiger partial charge in [0.25, 0.3) is 0 Å². The normalized spacial score (nSPS) is 9.36. The van der Waals surface area contributed by atoms with E-state index in [1.54, 1.807) is 6.92 Å². The SMILES string of the molecule is C=C(C)C(=O)OCCOc1ccccc1.OCCOc1ccccc1. The Labute approximate surface area is 148 Å². The fourth-order valence-corrected chi connectivity index (χ4v) is 1.61. The Hall–Kier alpha value is -2.79. The molecule has 1 N–H and O–H groups in total. The lowest BCUT2D eigenvalue weighted by Crippen LogP contribution is -2.12. The van der Waals surface area contributed by atoms with Crippen LogP contribution in [0, 0.1) is 0 Å². The maximum Gasteiger partial charge on any atom is 0.333 e. The summed E-state index contributed by atoms with van der Waals surface area (Å²) >= 11 is 0. The van der Waals surface area contributed by atoms with Crippen LogP contribution in [0.15, 0.2) is 72.8 Å². The molecule has 0 heterocycles. The zero-order valence-electron chi connectivity index (χ0n) is 14.4. The highest BCUT2D eigenvalue weighted by Gasteiger charge is 2.01. The second-order valence-electron chi connectivity index (χ2n) is 4.96. The Morgan fingerprint density at radius 3 is 1.80 bits per heavy atom. The Bertz CT molecular complexity index is 610. The van der Waals surface area contributed by atoms with E-state index in [4.69, 9.17) is 19.3 Å². The molecule has 0 saturated carbocycles. The van der Waals surface area contributed by atoms with Crippen LogP contribution in [-0.2, 0) is 9.53 Å². The second kappa shape index (κ2) is 12.6. The number of carbonyl (C=O) groups excluding carboxylic acids is 1. The van der Waals surface area contributed by atoms with Gasteiger partial charge in [-0.3, -0.25) is 0 Å². The summed E-state index contributed by atoms with van der Waals surface area (Å²) in [6.45, 7) is 6.10. The number of para-hydroxylation sites is 2. The summed E-state index contributed by atoms with van der Waals surface area (Å²) in [6.07, 6.45) is 0. The quantitative estimate of drug-likeness (QED) is 0.452. The van der Waals surface area contributed by atoms with E-state index >= 15 is 0 Å². The van der Waals surface area contributed by atoms with E-state index in [9.17, 15) is 4.79 Å². The molecule has 0 saturated heterocycles. The van der Waals surface area contributed by atoms with Gasteiger partial charge in [-0.1, -0.05) is 43.0 Å². The molecular weight excluding hydrogens is 320 g/mol. The molecule has 0 aliphatic carbocycles. The maximum atomic E-state index is 11.0. The van der Waals surface area contributed by atoms with Crippen molar-refractivity contribution in [2.75, 3.05) is 26.4 Å². The van der Waals surface area contributed by atoms with Gasteiger partial charge < -0.3 is 19.3 Å². The van der Waals surface area contributed by atoms with Gasteiger partial charge in [0.05, 0.1) is 6.61 Å². The molecule has 0 unspecified atom stereocenters. The number of esters is 1. The minimum absolute atomic E-state index is 0.0644. The molecule has 2 aromatic carbocycles. The molecule has 0 spiro atoms. The van der Waals surface area contributed by atoms with E-state index in [1.807, 2.05) is 60.7 Å². The number of rotatable bonds is 8. The van der Waals surface area contributed by atoms with Crippen molar-refractivity contribution in [1.29, 1.82) is 0 Å². The highest BCUT2D eigenvalue weighted by atomic mass is 16.6. The van der Waals surface area contributed by atoms with E-state index in [0.717, 1.165) is 11.5 Å². The Morgan fingerprint density at radius 1 is 0.880 bits per heavy atom. The van der Waals surface area contributed by atoms with Gasteiger partial charge >= 0.3 is 5.97 Å². The zero-order chi connectivity index (χ0) is 18.3. The summed E-state index contributed by atoms with van der Waals surface area (Å²) < 4.78 is 15.3. The number of ether oxygens (including phenoxy) is 3. The van der Waals surface area contributed by atoms with E-state index < -0.39 is 0 Å². The number of carbonyl (C=O) groups is 1. The summed E-state index contributed by atoms with van der Waals surface area (Å²) in [6, 6.07) is 18.8. The summed E-state index contributed by atoms with van der Waals surface area (Å²) in [5.74, 6) is 1.19. The van der Waals surface area contributed by atoms with Crippen LogP contribution in [0.5, 0.6) is 11.5 Å². The van der Waals surface area contributed by atoms with Crippen LogP contribution >= 0.6 is 0 Å². The van der Waals surface area contributed by atoms with Crippen LogP contribution in [-0.4, -0.2) is 37.5 Å². The van der Waals surface area contributed by atoms with Crippen LogP contribution < -0.4 is 9.47 Å². The van der Waals surface area contributed by atoms with Gasteiger partial charge in [0.15, 0.2) is 0 Å². The van der Waals surface area contributed by atoms with Crippen LogP contribution in [0.4, 0.5) is 0 Å². The van der Waals surface area contributed by atoms with Gasteiger partial charge in [-0.2, -0.15) is 0 Å². The second-order valence-corrected chi connectivity index (χ2v) is 4.96. The van der Waals surface area contributed by atoms with E-state index in [2.05, 4.69) is 6.58 Å². The highest BCUT2D eigenvalue weighted by molar-refractivity contribution is 5.86. The minimum atomic E-state index is -0.383.